The number of benzene rings is 7. The van der Waals surface area contributed by atoms with Crippen LogP contribution in [0.1, 0.15) is 25.0 Å². The molecule has 2 heteroatoms. The Bertz CT molecular complexity index is 2410. The summed E-state index contributed by atoms with van der Waals surface area (Å²) in [5.41, 5.74) is 11.3. The van der Waals surface area contributed by atoms with Crippen molar-refractivity contribution >= 4 is 59.3 Å². The number of hydrogen-bond acceptors (Lipinski definition) is 2. The van der Waals surface area contributed by atoms with Gasteiger partial charge in [-0.25, -0.2) is 0 Å². The lowest BCUT2D eigenvalue weighted by Crippen LogP contribution is -2.16. The van der Waals surface area contributed by atoms with Gasteiger partial charge in [-0.1, -0.05) is 111 Å². The van der Waals surface area contributed by atoms with Gasteiger partial charge < -0.3 is 4.90 Å². The lowest BCUT2D eigenvalue weighted by atomic mass is 9.82. The van der Waals surface area contributed by atoms with E-state index in [1.165, 1.54) is 70.0 Å². The molecule has 45 heavy (non-hydrogen) atoms. The highest BCUT2D eigenvalue weighted by molar-refractivity contribution is 7.25. The zero-order chi connectivity index (χ0) is 30.1. The summed E-state index contributed by atoms with van der Waals surface area (Å²) in [6.45, 7) is 4.71. The van der Waals surface area contributed by atoms with Crippen molar-refractivity contribution in [2.45, 2.75) is 19.3 Å². The van der Waals surface area contributed by atoms with Gasteiger partial charge in [0, 0.05) is 42.6 Å². The second-order valence-electron chi connectivity index (χ2n) is 12.6. The quantitative estimate of drug-likeness (QED) is 0.196. The summed E-state index contributed by atoms with van der Waals surface area (Å²) < 4.78 is 2.67. The normalized spacial score (nSPS) is 13.3. The van der Waals surface area contributed by atoms with Gasteiger partial charge in [-0.05, 0) is 98.8 Å². The Morgan fingerprint density at radius 2 is 1.16 bits per heavy atom. The average Bonchev–Trinajstić information content (AvgIpc) is 3.55. The van der Waals surface area contributed by atoms with Gasteiger partial charge in [-0.3, -0.25) is 0 Å². The van der Waals surface area contributed by atoms with Crippen LogP contribution in [0.25, 0.3) is 53.2 Å². The van der Waals surface area contributed by atoms with E-state index in [4.69, 9.17) is 0 Å². The highest BCUT2D eigenvalue weighted by atomic mass is 32.1. The zero-order valence-electron chi connectivity index (χ0n) is 25.3. The summed E-state index contributed by atoms with van der Waals surface area (Å²) in [6, 6.07) is 55.9. The summed E-state index contributed by atoms with van der Waals surface area (Å²) >= 11 is 1.88. The van der Waals surface area contributed by atoms with Gasteiger partial charge in [0.15, 0.2) is 0 Å². The highest BCUT2D eigenvalue weighted by Crippen LogP contribution is 2.51. The van der Waals surface area contributed by atoms with Crippen LogP contribution < -0.4 is 4.90 Å². The molecular formula is C43H31NS. The Morgan fingerprint density at radius 1 is 0.444 bits per heavy atom. The van der Waals surface area contributed by atoms with E-state index < -0.39 is 0 Å². The Hall–Kier alpha value is -5.18. The molecule has 0 spiro atoms. The summed E-state index contributed by atoms with van der Waals surface area (Å²) in [5.74, 6) is 0. The van der Waals surface area contributed by atoms with Crippen LogP contribution >= 0.6 is 11.3 Å². The average molecular weight is 594 g/mol. The minimum atomic E-state index is -0.0749. The van der Waals surface area contributed by atoms with Gasteiger partial charge in [0.2, 0.25) is 0 Å². The molecule has 0 atom stereocenters. The molecule has 0 bridgehead atoms. The molecule has 1 nitrogen and oxygen atoms in total. The molecule has 0 saturated heterocycles. The molecule has 9 rings (SSSR count). The van der Waals surface area contributed by atoms with Crippen molar-refractivity contribution in [3.05, 3.63) is 163 Å². The van der Waals surface area contributed by atoms with Gasteiger partial charge in [0.25, 0.3) is 0 Å². The van der Waals surface area contributed by atoms with E-state index in [0.717, 1.165) is 11.4 Å². The van der Waals surface area contributed by atoms with E-state index in [-0.39, 0.29) is 5.41 Å². The van der Waals surface area contributed by atoms with Crippen molar-refractivity contribution in [2.75, 3.05) is 4.90 Å². The standard InChI is InChI=1S/C43H31NS/c1-43(2)39-17-8-6-15-35(39)36-22-21-34(27-40(36)43)44(32-14-10-13-29(23-32)28-11-4-3-5-12-28)33-20-19-30-26-42-38(25-31(30)24-33)37-16-7-9-18-41(37)45-42/h3-27H,1-2H3. The third kappa shape index (κ3) is 4.13. The maximum Gasteiger partial charge on any atom is 0.0468 e. The zero-order valence-corrected chi connectivity index (χ0v) is 26.1. The Morgan fingerprint density at radius 3 is 2.07 bits per heavy atom. The molecule has 1 heterocycles. The molecule has 0 fully saturated rings. The van der Waals surface area contributed by atoms with Crippen LogP contribution in [0.15, 0.2) is 152 Å². The molecule has 0 unspecified atom stereocenters. The number of anilines is 3. The Labute approximate surface area is 267 Å². The maximum absolute atomic E-state index is 2.43. The van der Waals surface area contributed by atoms with E-state index in [1.54, 1.807) is 0 Å². The van der Waals surface area contributed by atoms with Gasteiger partial charge >= 0.3 is 0 Å². The molecule has 0 N–H and O–H groups in total. The number of rotatable bonds is 4. The van der Waals surface area contributed by atoms with Crippen LogP contribution in [0.2, 0.25) is 0 Å². The van der Waals surface area contributed by atoms with Crippen LogP contribution in [0.5, 0.6) is 0 Å². The molecule has 0 aliphatic heterocycles. The number of thiophene rings is 1. The van der Waals surface area contributed by atoms with E-state index in [1.807, 2.05) is 11.3 Å². The van der Waals surface area contributed by atoms with Crippen molar-refractivity contribution in [3.8, 4) is 22.3 Å². The first-order valence-electron chi connectivity index (χ1n) is 15.6. The predicted octanol–water partition coefficient (Wildman–Crippen LogP) is 12.7. The predicted molar refractivity (Wildman–Crippen MR) is 195 cm³/mol. The highest BCUT2D eigenvalue weighted by Gasteiger charge is 2.35. The summed E-state index contributed by atoms with van der Waals surface area (Å²) in [6.07, 6.45) is 0. The molecule has 214 valence electrons. The van der Waals surface area contributed by atoms with Gasteiger partial charge in [-0.2, -0.15) is 0 Å². The molecule has 1 aromatic heterocycles. The van der Waals surface area contributed by atoms with Crippen molar-refractivity contribution < 1.29 is 0 Å². The topological polar surface area (TPSA) is 3.24 Å². The van der Waals surface area contributed by atoms with E-state index in [0.29, 0.717) is 0 Å². The lowest BCUT2D eigenvalue weighted by molar-refractivity contribution is 0.660. The molecule has 1 aliphatic rings. The summed E-state index contributed by atoms with van der Waals surface area (Å²) in [7, 11) is 0. The minimum absolute atomic E-state index is 0.0749. The number of fused-ring (bicyclic) bond motifs is 7. The first kappa shape index (κ1) is 26.2. The SMILES string of the molecule is CC1(C)c2ccccc2-c2ccc(N(c3cccc(-c4ccccc4)c3)c3ccc4cc5sc6ccccc6c5cc4c3)cc21. The van der Waals surface area contributed by atoms with Crippen LogP contribution in [0, 0.1) is 0 Å². The molecule has 7 aromatic carbocycles. The monoisotopic (exact) mass is 593 g/mol. The van der Waals surface area contributed by atoms with Gasteiger partial charge in [0.05, 0.1) is 0 Å². The molecule has 0 saturated carbocycles. The fourth-order valence-electron chi connectivity index (χ4n) is 7.33. The third-order valence-electron chi connectivity index (χ3n) is 9.61. The second-order valence-corrected chi connectivity index (χ2v) is 13.7. The molecule has 0 amide bonds. The fraction of sp³-hybridized carbons (Fsp3) is 0.0698. The van der Waals surface area contributed by atoms with Crippen LogP contribution in [0.4, 0.5) is 17.1 Å². The molecule has 1 aliphatic carbocycles. The largest absolute Gasteiger partial charge is 0.310 e. The maximum atomic E-state index is 2.43. The first-order chi connectivity index (χ1) is 22.0. The molecule has 8 aromatic rings. The number of hydrogen-bond donors (Lipinski definition) is 0. The van der Waals surface area contributed by atoms with Crippen molar-refractivity contribution in [2.24, 2.45) is 0 Å². The smallest absolute Gasteiger partial charge is 0.0468 e. The van der Waals surface area contributed by atoms with Crippen LogP contribution in [0.3, 0.4) is 0 Å². The lowest BCUT2D eigenvalue weighted by Gasteiger charge is -2.28. The van der Waals surface area contributed by atoms with Gasteiger partial charge in [-0.15, -0.1) is 11.3 Å². The summed E-state index contributed by atoms with van der Waals surface area (Å²) in [5, 5.41) is 5.18. The van der Waals surface area contributed by atoms with Crippen LogP contribution in [-0.2, 0) is 5.41 Å². The van der Waals surface area contributed by atoms with Crippen molar-refractivity contribution in [1.82, 2.24) is 0 Å². The van der Waals surface area contributed by atoms with Crippen molar-refractivity contribution in [1.29, 1.82) is 0 Å². The number of nitrogens with zero attached hydrogens (tertiary/aromatic N) is 1. The van der Waals surface area contributed by atoms with E-state index in [9.17, 15) is 0 Å². The second kappa shape index (κ2) is 9.92. The summed E-state index contributed by atoms with van der Waals surface area (Å²) in [4.78, 5) is 2.43. The Balaban J connectivity index is 1.25. The van der Waals surface area contributed by atoms with Crippen molar-refractivity contribution in [3.63, 3.8) is 0 Å². The Kier molecular flexibility index (Phi) is 5.78. The third-order valence-corrected chi connectivity index (χ3v) is 10.7. The first-order valence-corrected chi connectivity index (χ1v) is 16.4. The molecular weight excluding hydrogens is 563 g/mol. The molecule has 0 radical (unpaired) electrons. The van der Waals surface area contributed by atoms with Gasteiger partial charge in [0.1, 0.15) is 0 Å². The fourth-order valence-corrected chi connectivity index (χ4v) is 8.46. The van der Waals surface area contributed by atoms with E-state index >= 15 is 0 Å². The van der Waals surface area contributed by atoms with Crippen LogP contribution in [-0.4, -0.2) is 0 Å². The van der Waals surface area contributed by atoms with E-state index in [2.05, 4.69) is 170 Å². The minimum Gasteiger partial charge on any atom is -0.310 e.